The van der Waals surface area contributed by atoms with Crippen molar-refractivity contribution in [3.05, 3.63) is 72.9 Å². The zero-order chi connectivity index (χ0) is 24.8. The van der Waals surface area contributed by atoms with Crippen LogP contribution in [0.5, 0.6) is 0 Å². The van der Waals surface area contributed by atoms with Crippen molar-refractivity contribution >= 4 is 5.97 Å². The van der Waals surface area contributed by atoms with Gasteiger partial charge in [-0.2, -0.15) is 0 Å². The van der Waals surface area contributed by atoms with Gasteiger partial charge >= 0.3 is 5.97 Å². The van der Waals surface area contributed by atoms with Gasteiger partial charge < -0.3 is 5.11 Å². The third kappa shape index (κ3) is 29.9. The Balaban J connectivity index is 3.36. The van der Waals surface area contributed by atoms with Gasteiger partial charge in [0.1, 0.15) is 0 Å². The smallest absolute Gasteiger partial charge is 0.303 e. The summed E-state index contributed by atoms with van der Waals surface area (Å²) in [6.07, 6.45) is 47.1. The van der Waals surface area contributed by atoms with Crippen LogP contribution in [0.1, 0.15) is 122 Å². The number of rotatable bonds is 24. The molecule has 0 saturated heterocycles. The predicted octanol–water partition coefficient (Wildman–Crippen LogP) is 10.4. The van der Waals surface area contributed by atoms with Crippen molar-refractivity contribution in [3.8, 4) is 0 Å². The molecule has 0 fully saturated rings. The monoisotopic (exact) mass is 468 g/mol. The molecule has 0 bridgehead atoms. The van der Waals surface area contributed by atoms with Crippen molar-refractivity contribution < 1.29 is 9.90 Å². The van der Waals surface area contributed by atoms with Crippen LogP contribution < -0.4 is 0 Å². The third-order valence-corrected chi connectivity index (χ3v) is 5.61. The largest absolute Gasteiger partial charge is 0.481 e. The van der Waals surface area contributed by atoms with E-state index in [0.29, 0.717) is 6.42 Å². The Hall–Kier alpha value is -2.09. The molecule has 0 aromatic heterocycles. The average Bonchev–Trinajstić information content (AvgIpc) is 2.83. The van der Waals surface area contributed by atoms with E-state index in [9.17, 15) is 4.79 Å². The first-order chi connectivity index (χ1) is 16.8. The highest BCUT2D eigenvalue weighted by Gasteiger charge is 1.96. The fourth-order valence-electron chi connectivity index (χ4n) is 3.59. The van der Waals surface area contributed by atoms with E-state index in [0.717, 1.165) is 51.4 Å². The number of aliphatic carboxylic acids is 1. The average molecular weight is 469 g/mol. The Morgan fingerprint density at radius 2 is 0.794 bits per heavy atom. The lowest BCUT2D eigenvalue weighted by molar-refractivity contribution is -0.137. The maximum Gasteiger partial charge on any atom is 0.303 e. The minimum absolute atomic E-state index is 0.330. The van der Waals surface area contributed by atoms with E-state index in [2.05, 4.69) is 79.8 Å². The van der Waals surface area contributed by atoms with Crippen molar-refractivity contribution in [3.63, 3.8) is 0 Å². The topological polar surface area (TPSA) is 37.3 Å². The number of allylic oxidation sites excluding steroid dienone is 12. The number of carboxylic acid groups (broad SMARTS) is 1. The summed E-state index contributed by atoms with van der Waals surface area (Å²) in [5.41, 5.74) is 0. The molecule has 0 aliphatic carbocycles. The zero-order valence-electron chi connectivity index (χ0n) is 22.0. The molecule has 1 N–H and O–H groups in total. The summed E-state index contributed by atoms with van der Waals surface area (Å²) in [5.74, 6) is -0.663. The second kappa shape index (κ2) is 28.9. The van der Waals surface area contributed by atoms with Crippen molar-refractivity contribution in [2.45, 2.75) is 122 Å². The van der Waals surface area contributed by atoms with E-state index >= 15 is 0 Å². The minimum Gasteiger partial charge on any atom is -0.481 e. The highest BCUT2D eigenvalue weighted by Crippen LogP contribution is 2.12. The van der Waals surface area contributed by atoms with Gasteiger partial charge in [-0.05, 0) is 57.8 Å². The molecule has 0 rings (SSSR count). The van der Waals surface area contributed by atoms with E-state index in [1.165, 1.54) is 57.8 Å². The van der Waals surface area contributed by atoms with Crippen molar-refractivity contribution in [1.82, 2.24) is 0 Å². The first kappa shape index (κ1) is 31.9. The lowest BCUT2D eigenvalue weighted by Gasteiger charge is -2.01. The summed E-state index contributed by atoms with van der Waals surface area (Å²) < 4.78 is 0. The molecule has 0 aliphatic heterocycles. The van der Waals surface area contributed by atoms with Crippen LogP contribution in [-0.2, 0) is 4.79 Å². The standard InChI is InChI=1S/C32H52O2/c1-2-3-4-5-6-7-8-9-10-11-12-13-14-15-16-17-18-19-20-21-22-23-24-25-26-27-28-29-30-31-32(33)34/h3-4,6-7,9-10,12-13,15-16,18-19H,2,5,8,11,14,17,20-31H2,1H3,(H,33,34)/b4-3-,7-6+,10-9-,13-12-,16-15-,19-18-. The molecule has 0 aromatic carbocycles. The van der Waals surface area contributed by atoms with Crippen LogP contribution in [0.2, 0.25) is 0 Å². The number of hydrogen-bond donors (Lipinski definition) is 1. The number of unbranched alkanes of at least 4 members (excludes halogenated alkanes) is 10. The Kier molecular flexibility index (Phi) is 27.2. The van der Waals surface area contributed by atoms with Crippen LogP contribution in [0.15, 0.2) is 72.9 Å². The summed E-state index contributed by atoms with van der Waals surface area (Å²) in [7, 11) is 0. The summed E-state index contributed by atoms with van der Waals surface area (Å²) >= 11 is 0. The van der Waals surface area contributed by atoms with Gasteiger partial charge in [0.15, 0.2) is 0 Å². The van der Waals surface area contributed by atoms with Crippen LogP contribution >= 0.6 is 0 Å². The van der Waals surface area contributed by atoms with Crippen LogP contribution in [-0.4, -0.2) is 11.1 Å². The molecule has 2 heteroatoms. The molecule has 2 nitrogen and oxygen atoms in total. The second-order valence-electron chi connectivity index (χ2n) is 8.88. The van der Waals surface area contributed by atoms with Gasteiger partial charge in [-0.25, -0.2) is 0 Å². The zero-order valence-corrected chi connectivity index (χ0v) is 22.0. The maximum atomic E-state index is 10.4. The van der Waals surface area contributed by atoms with Crippen LogP contribution in [0, 0.1) is 0 Å². The molecule has 192 valence electrons. The minimum atomic E-state index is -0.663. The van der Waals surface area contributed by atoms with Crippen molar-refractivity contribution in [1.29, 1.82) is 0 Å². The Bertz CT molecular complexity index is 605. The Labute approximate surface area is 211 Å². The fourth-order valence-corrected chi connectivity index (χ4v) is 3.59. The summed E-state index contributed by atoms with van der Waals surface area (Å²) in [6, 6.07) is 0. The second-order valence-corrected chi connectivity index (χ2v) is 8.88. The molecule has 0 aromatic rings. The molecule has 34 heavy (non-hydrogen) atoms. The molecule has 0 unspecified atom stereocenters. The van der Waals surface area contributed by atoms with Gasteiger partial charge in [-0.1, -0.05) is 131 Å². The lowest BCUT2D eigenvalue weighted by Crippen LogP contribution is -1.93. The van der Waals surface area contributed by atoms with Crippen LogP contribution in [0.4, 0.5) is 0 Å². The summed E-state index contributed by atoms with van der Waals surface area (Å²) in [4.78, 5) is 10.4. The molecular weight excluding hydrogens is 416 g/mol. The van der Waals surface area contributed by atoms with Gasteiger partial charge in [0.05, 0.1) is 0 Å². The molecule has 0 aliphatic rings. The Morgan fingerprint density at radius 3 is 1.18 bits per heavy atom. The molecule has 0 amide bonds. The van der Waals surface area contributed by atoms with Gasteiger partial charge in [0, 0.05) is 6.42 Å². The summed E-state index contributed by atoms with van der Waals surface area (Å²) in [5, 5.41) is 8.60. The highest BCUT2D eigenvalue weighted by atomic mass is 16.4. The van der Waals surface area contributed by atoms with Gasteiger partial charge in [-0.15, -0.1) is 0 Å². The van der Waals surface area contributed by atoms with Crippen molar-refractivity contribution in [2.75, 3.05) is 0 Å². The fraction of sp³-hybridized carbons (Fsp3) is 0.594. The number of carboxylic acids is 1. The highest BCUT2D eigenvalue weighted by molar-refractivity contribution is 5.66. The molecule has 0 heterocycles. The van der Waals surface area contributed by atoms with Gasteiger partial charge in [0.25, 0.3) is 0 Å². The third-order valence-electron chi connectivity index (χ3n) is 5.61. The van der Waals surface area contributed by atoms with Crippen LogP contribution in [0.25, 0.3) is 0 Å². The molecule has 0 radical (unpaired) electrons. The van der Waals surface area contributed by atoms with Gasteiger partial charge in [0.2, 0.25) is 0 Å². The number of carbonyl (C=O) groups is 1. The van der Waals surface area contributed by atoms with E-state index < -0.39 is 5.97 Å². The molecule has 0 saturated carbocycles. The first-order valence-electron chi connectivity index (χ1n) is 13.9. The Morgan fingerprint density at radius 1 is 0.471 bits per heavy atom. The molecule has 0 atom stereocenters. The predicted molar refractivity (Wildman–Crippen MR) is 151 cm³/mol. The van der Waals surface area contributed by atoms with E-state index in [1.807, 2.05) is 0 Å². The number of hydrogen-bond acceptors (Lipinski definition) is 1. The van der Waals surface area contributed by atoms with Gasteiger partial charge in [-0.3, -0.25) is 4.79 Å². The summed E-state index contributed by atoms with van der Waals surface area (Å²) in [6.45, 7) is 2.16. The van der Waals surface area contributed by atoms with E-state index in [1.54, 1.807) is 0 Å². The molecular formula is C32H52O2. The lowest BCUT2D eigenvalue weighted by atomic mass is 10.1. The maximum absolute atomic E-state index is 10.4. The van der Waals surface area contributed by atoms with Crippen LogP contribution in [0.3, 0.4) is 0 Å². The first-order valence-corrected chi connectivity index (χ1v) is 13.9. The van der Waals surface area contributed by atoms with Crippen molar-refractivity contribution in [2.24, 2.45) is 0 Å². The normalized spacial score (nSPS) is 12.7. The SMILES string of the molecule is CC/C=C\C/C=C/C/C=C\C/C=C\C/C=C\C/C=C\CCCCCCCCCCCCC(=O)O. The van der Waals surface area contributed by atoms with E-state index in [4.69, 9.17) is 5.11 Å². The molecule has 0 spiro atoms. The van der Waals surface area contributed by atoms with E-state index in [-0.39, 0.29) is 0 Å². The quantitative estimate of drug-likeness (QED) is 0.113.